The molecule has 2 aromatic heterocycles. The van der Waals surface area contributed by atoms with Gasteiger partial charge < -0.3 is 4.57 Å². The number of aromatic nitrogens is 4. The molecule has 2 heterocycles. The number of imidazole rings is 1. The van der Waals surface area contributed by atoms with Crippen LogP contribution in [0.3, 0.4) is 0 Å². The standard InChI is InChI=1S/C24H19BrN6/c1-15(23-26-20-10-6-7-11-21(20)31(23)2)29-30-24-27-19-13-12-17(25)14-18(19)22(28-24)16-8-4-3-5-9-16/h3-14H,1-2H3,(H,27,28,30). The summed E-state index contributed by atoms with van der Waals surface area (Å²) in [6.07, 6.45) is 0. The number of rotatable bonds is 4. The Balaban J connectivity index is 1.56. The van der Waals surface area contributed by atoms with E-state index in [0.29, 0.717) is 5.95 Å². The molecule has 0 saturated heterocycles. The summed E-state index contributed by atoms with van der Waals surface area (Å²) in [6, 6.07) is 24.1. The number of hydrogen-bond donors (Lipinski definition) is 1. The van der Waals surface area contributed by atoms with Gasteiger partial charge in [-0.3, -0.25) is 0 Å². The molecular weight excluding hydrogens is 452 g/mol. The van der Waals surface area contributed by atoms with Gasteiger partial charge in [0.05, 0.1) is 22.2 Å². The maximum atomic E-state index is 4.77. The number of nitrogens with one attached hydrogen (secondary N) is 1. The van der Waals surface area contributed by atoms with Crippen LogP contribution in [0.1, 0.15) is 12.7 Å². The average Bonchev–Trinajstić information content (AvgIpc) is 3.14. The van der Waals surface area contributed by atoms with E-state index in [4.69, 9.17) is 9.97 Å². The molecule has 152 valence electrons. The molecule has 0 spiro atoms. The fourth-order valence-corrected chi connectivity index (χ4v) is 3.98. The third-order valence-electron chi connectivity index (χ3n) is 5.14. The zero-order valence-electron chi connectivity index (χ0n) is 17.0. The Morgan fingerprint density at radius 2 is 1.68 bits per heavy atom. The number of nitrogens with zero attached hydrogens (tertiary/aromatic N) is 5. The first-order chi connectivity index (χ1) is 15.1. The molecule has 0 saturated carbocycles. The number of anilines is 1. The molecule has 0 aliphatic heterocycles. The molecule has 0 bridgehead atoms. The van der Waals surface area contributed by atoms with E-state index in [-0.39, 0.29) is 0 Å². The summed E-state index contributed by atoms with van der Waals surface area (Å²) >= 11 is 3.55. The second-order valence-corrected chi connectivity index (χ2v) is 8.13. The topological polar surface area (TPSA) is 68.0 Å². The van der Waals surface area contributed by atoms with Crippen molar-refractivity contribution in [1.82, 2.24) is 19.5 Å². The van der Waals surface area contributed by atoms with Crippen LogP contribution in [0.15, 0.2) is 82.4 Å². The highest BCUT2D eigenvalue weighted by Gasteiger charge is 2.12. The number of halogens is 1. The molecule has 7 heteroatoms. The Morgan fingerprint density at radius 1 is 0.903 bits per heavy atom. The van der Waals surface area contributed by atoms with Gasteiger partial charge in [-0.25, -0.2) is 20.4 Å². The average molecular weight is 471 g/mol. The fourth-order valence-electron chi connectivity index (χ4n) is 3.62. The van der Waals surface area contributed by atoms with Crippen molar-refractivity contribution < 1.29 is 0 Å². The summed E-state index contributed by atoms with van der Waals surface area (Å²) in [5.74, 6) is 1.23. The van der Waals surface area contributed by atoms with Crippen molar-refractivity contribution in [2.45, 2.75) is 6.92 Å². The Bertz CT molecular complexity index is 1440. The predicted molar refractivity (Wildman–Crippen MR) is 129 cm³/mol. The molecule has 31 heavy (non-hydrogen) atoms. The van der Waals surface area contributed by atoms with Crippen molar-refractivity contribution in [3.63, 3.8) is 0 Å². The van der Waals surface area contributed by atoms with Crippen molar-refractivity contribution >= 4 is 49.5 Å². The van der Waals surface area contributed by atoms with Crippen molar-refractivity contribution in [2.24, 2.45) is 12.1 Å². The largest absolute Gasteiger partial charge is 0.326 e. The smallest absolute Gasteiger partial charge is 0.244 e. The van der Waals surface area contributed by atoms with Crippen LogP contribution in [-0.4, -0.2) is 25.2 Å². The van der Waals surface area contributed by atoms with Gasteiger partial charge in [-0.15, -0.1) is 0 Å². The molecule has 5 aromatic rings. The van der Waals surface area contributed by atoms with Crippen molar-refractivity contribution in [3.8, 4) is 11.3 Å². The third-order valence-corrected chi connectivity index (χ3v) is 5.63. The Hall–Kier alpha value is -3.58. The number of para-hydroxylation sites is 2. The lowest BCUT2D eigenvalue weighted by Gasteiger charge is -2.09. The number of hydrogen-bond acceptors (Lipinski definition) is 5. The molecule has 6 nitrogen and oxygen atoms in total. The van der Waals surface area contributed by atoms with Gasteiger partial charge in [0.1, 0.15) is 5.71 Å². The summed E-state index contributed by atoms with van der Waals surface area (Å²) in [6.45, 7) is 1.92. The predicted octanol–water partition coefficient (Wildman–Crippen LogP) is 5.78. The molecule has 1 N–H and O–H groups in total. The first-order valence-electron chi connectivity index (χ1n) is 9.85. The second-order valence-electron chi connectivity index (χ2n) is 7.22. The molecule has 0 amide bonds. The first kappa shape index (κ1) is 19.4. The highest BCUT2D eigenvalue weighted by molar-refractivity contribution is 9.10. The van der Waals surface area contributed by atoms with E-state index in [0.717, 1.165) is 49.2 Å². The Labute approximate surface area is 187 Å². The van der Waals surface area contributed by atoms with Crippen molar-refractivity contribution in [2.75, 3.05) is 5.43 Å². The van der Waals surface area contributed by atoms with E-state index in [1.54, 1.807) is 0 Å². The quantitative estimate of drug-likeness (QED) is 0.267. The minimum atomic E-state index is 0.437. The summed E-state index contributed by atoms with van der Waals surface area (Å²) in [4.78, 5) is 14.1. The minimum absolute atomic E-state index is 0.437. The van der Waals surface area contributed by atoms with Gasteiger partial charge in [0.15, 0.2) is 5.82 Å². The highest BCUT2D eigenvalue weighted by Crippen LogP contribution is 2.29. The molecule has 0 aliphatic rings. The molecule has 0 aliphatic carbocycles. The maximum absolute atomic E-state index is 4.77. The van der Waals surface area contributed by atoms with Gasteiger partial charge in [-0.05, 0) is 37.3 Å². The molecule has 0 radical (unpaired) electrons. The van der Waals surface area contributed by atoms with Crippen LogP contribution in [0, 0.1) is 0 Å². The lowest BCUT2D eigenvalue weighted by molar-refractivity contribution is 0.926. The van der Waals surface area contributed by atoms with Crippen LogP contribution in [0.5, 0.6) is 0 Å². The second kappa shape index (κ2) is 7.92. The molecule has 5 rings (SSSR count). The summed E-state index contributed by atoms with van der Waals surface area (Å²) < 4.78 is 3.02. The Kier molecular flexibility index (Phi) is 4.95. The molecule has 0 unspecified atom stereocenters. The molecule has 3 aromatic carbocycles. The van der Waals surface area contributed by atoms with E-state index >= 15 is 0 Å². The lowest BCUT2D eigenvalue weighted by atomic mass is 10.1. The highest BCUT2D eigenvalue weighted by atomic mass is 79.9. The number of aryl methyl sites for hydroxylation is 1. The summed E-state index contributed by atoms with van der Waals surface area (Å²) in [7, 11) is 1.99. The van der Waals surface area contributed by atoms with E-state index in [1.807, 2.05) is 91.3 Å². The van der Waals surface area contributed by atoms with Gasteiger partial charge in [-0.1, -0.05) is 58.4 Å². The Morgan fingerprint density at radius 3 is 2.48 bits per heavy atom. The SMILES string of the molecule is CC(=NNc1nc(-c2ccccc2)c2cc(Br)ccc2n1)c1nc2ccccc2n1C. The van der Waals surface area contributed by atoms with Crippen LogP contribution in [0.4, 0.5) is 5.95 Å². The fraction of sp³-hybridized carbons (Fsp3) is 0.0833. The number of benzene rings is 3. The minimum Gasteiger partial charge on any atom is -0.326 e. The zero-order chi connectivity index (χ0) is 21.4. The zero-order valence-corrected chi connectivity index (χ0v) is 18.6. The monoisotopic (exact) mass is 470 g/mol. The molecule has 0 atom stereocenters. The van der Waals surface area contributed by atoms with Crippen LogP contribution in [0.2, 0.25) is 0 Å². The van der Waals surface area contributed by atoms with Gasteiger partial charge in [0.25, 0.3) is 0 Å². The van der Waals surface area contributed by atoms with Crippen LogP contribution in [-0.2, 0) is 7.05 Å². The first-order valence-corrected chi connectivity index (χ1v) is 10.6. The van der Waals surface area contributed by atoms with E-state index in [9.17, 15) is 0 Å². The molecular formula is C24H19BrN6. The maximum Gasteiger partial charge on any atom is 0.244 e. The number of hydrazone groups is 1. The van der Waals surface area contributed by atoms with Crippen LogP contribution >= 0.6 is 15.9 Å². The van der Waals surface area contributed by atoms with Gasteiger partial charge in [0, 0.05) is 22.5 Å². The normalized spacial score (nSPS) is 11.9. The van der Waals surface area contributed by atoms with Crippen molar-refractivity contribution in [1.29, 1.82) is 0 Å². The summed E-state index contributed by atoms with van der Waals surface area (Å²) in [5.41, 5.74) is 8.50. The van der Waals surface area contributed by atoms with E-state index < -0.39 is 0 Å². The van der Waals surface area contributed by atoms with Crippen LogP contribution in [0.25, 0.3) is 33.2 Å². The van der Waals surface area contributed by atoms with Gasteiger partial charge in [-0.2, -0.15) is 5.10 Å². The van der Waals surface area contributed by atoms with Gasteiger partial charge in [0.2, 0.25) is 5.95 Å². The van der Waals surface area contributed by atoms with Gasteiger partial charge >= 0.3 is 0 Å². The lowest BCUT2D eigenvalue weighted by Crippen LogP contribution is -2.08. The third kappa shape index (κ3) is 3.68. The molecule has 0 fully saturated rings. The van der Waals surface area contributed by atoms with Crippen LogP contribution < -0.4 is 5.43 Å². The number of fused-ring (bicyclic) bond motifs is 2. The van der Waals surface area contributed by atoms with E-state index in [1.165, 1.54) is 0 Å². The summed E-state index contributed by atoms with van der Waals surface area (Å²) in [5, 5.41) is 5.50. The van der Waals surface area contributed by atoms with Crippen molar-refractivity contribution in [3.05, 3.63) is 83.1 Å². The van der Waals surface area contributed by atoms with E-state index in [2.05, 4.69) is 31.4 Å².